The molecule has 0 aromatic heterocycles. The minimum absolute atomic E-state index is 0.133. The molecule has 0 atom stereocenters. The van der Waals surface area contributed by atoms with E-state index in [1.54, 1.807) is 6.07 Å². The number of hydrogen-bond acceptors (Lipinski definition) is 4. The molecule has 1 N–H and O–H groups in total. The van der Waals surface area contributed by atoms with Crippen molar-refractivity contribution in [3.63, 3.8) is 0 Å². The van der Waals surface area contributed by atoms with Crippen LogP contribution in [0.15, 0.2) is 12.1 Å². The van der Waals surface area contributed by atoms with Crippen molar-refractivity contribution in [1.29, 1.82) is 5.26 Å². The number of aldehydes is 1. The van der Waals surface area contributed by atoms with Gasteiger partial charge in [-0.1, -0.05) is 0 Å². The fraction of sp³-hybridized carbons (Fsp3) is 0.111. The van der Waals surface area contributed by atoms with Gasteiger partial charge < -0.3 is 9.84 Å². The first-order valence-electron chi connectivity index (χ1n) is 3.49. The van der Waals surface area contributed by atoms with Gasteiger partial charge in [0.1, 0.15) is 6.07 Å². The summed E-state index contributed by atoms with van der Waals surface area (Å²) in [6, 6.07) is 4.31. The fourth-order valence-corrected chi connectivity index (χ4v) is 0.942. The number of nitrogens with zero attached hydrogens (tertiary/aromatic N) is 1. The topological polar surface area (TPSA) is 70.3 Å². The number of nitriles is 1. The Hall–Kier alpha value is -2.02. The van der Waals surface area contributed by atoms with Gasteiger partial charge in [0.25, 0.3) is 0 Å². The van der Waals surface area contributed by atoms with Crippen molar-refractivity contribution in [2.45, 2.75) is 0 Å². The van der Waals surface area contributed by atoms with Crippen LogP contribution in [0.4, 0.5) is 0 Å². The van der Waals surface area contributed by atoms with Gasteiger partial charge in [0.2, 0.25) is 0 Å². The Morgan fingerprint density at radius 3 is 2.77 bits per heavy atom. The third-order valence-corrected chi connectivity index (χ3v) is 1.60. The van der Waals surface area contributed by atoms with Crippen LogP contribution in [0.2, 0.25) is 0 Å². The second-order valence-corrected chi connectivity index (χ2v) is 2.34. The van der Waals surface area contributed by atoms with Gasteiger partial charge in [-0.3, -0.25) is 4.79 Å². The number of aromatic hydroxyl groups is 1. The van der Waals surface area contributed by atoms with E-state index in [-0.39, 0.29) is 22.6 Å². The molecule has 0 spiro atoms. The van der Waals surface area contributed by atoms with Crippen molar-refractivity contribution in [2.24, 2.45) is 0 Å². The van der Waals surface area contributed by atoms with E-state index in [4.69, 9.17) is 10.00 Å². The van der Waals surface area contributed by atoms with Crippen LogP contribution in [0.1, 0.15) is 15.9 Å². The van der Waals surface area contributed by atoms with Crippen molar-refractivity contribution in [2.75, 3.05) is 7.11 Å². The average molecular weight is 177 g/mol. The number of ether oxygens (including phenoxy) is 1. The lowest BCUT2D eigenvalue weighted by atomic mass is 10.1. The maximum absolute atomic E-state index is 10.5. The summed E-state index contributed by atoms with van der Waals surface area (Å²) in [6.45, 7) is 0. The van der Waals surface area contributed by atoms with Crippen LogP contribution < -0.4 is 4.74 Å². The Bertz CT molecular complexity index is 379. The van der Waals surface area contributed by atoms with Gasteiger partial charge in [0.05, 0.1) is 12.7 Å². The molecule has 0 aliphatic carbocycles. The summed E-state index contributed by atoms with van der Waals surface area (Å²) in [6.07, 6.45) is 0.542. The second-order valence-electron chi connectivity index (χ2n) is 2.34. The van der Waals surface area contributed by atoms with E-state index < -0.39 is 0 Å². The second kappa shape index (κ2) is 3.59. The lowest BCUT2D eigenvalue weighted by molar-refractivity contribution is 0.112. The smallest absolute Gasteiger partial charge is 0.161 e. The summed E-state index contributed by atoms with van der Waals surface area (Å²) in [7, 11) is 1.37. The van der Waals surface area contributed by atoms with Crippen LogP contribution in [0.5, 0.6) is 11.5 Å². The number of methoxy groups -OCH3 is 1. The monoisotopic (exact) mass is 177 g/mol. The molecule has 1 aromatic carbocycles. The first kappa shape index (κ1) is 9.07. The minimum Gasteiger partial charge on any atom is -0.504 e. The highest BCUT2D eigenvalue weighted by Crippen LogP contribution is 2.28. The molecule has 0 saturated carbocycles. The van der Waals surface area contributed by atoms with Crippen LogP contribution >= 0.6 is 0 Å². The Balaban J connectivity index is 3.36. The Morgan fingerprint density at radius 1 is 1.62 bits per heavy atom. The summed E-state index contributed by atoms with van der Waals surface area (Å²) in [5, 5.41) is 17.8. The van der Waals surface area contributed by atoms with E-state index in [2.05, 4.69) is 0 Å². The third-order valence-electron chi connectivity index (χ3n) is 1.60. The molecule has 4 heteroatoms. The van der Waals surface area contributed by atoms with Gasteiger partial charge in [0, 0.05) is 11.6 Å². The van der Waals surface area contributed by atoms with Crippen LogP contribution in [-0.2, 0) is 0 Å². The SMILES string of the molecule is COc1cc(C=O)c(C#N)cc1O. The number of phenolic OH excluding ortho intramolecular Hbond substituents is 1. The maximum Gasteiger partial charge on any atom is 0.161 e. The summed E-state index contributed by atoms with van der Waals surface area (Å²) in [5.41, 5.74) is 0.338. The molecular weight excluding hydrogens is 170 g/mol. The van der Waals surface area contributed by atoms with E-state index in [0.29, 0.717) is 6.29 Å². The molecule has 0 aliphatic rings. The number of rotatable bonds is 2. The molecule has 0 heterocycles. The normalized spacial score (nSPS) is 8.92. The van der Waals surface area contributed by atoms with Gasteiger partial charge in [-0.15, -0.1) is 0 Å². The van der Waals surface area contributed by atoms with E-state index in [1.165, 1.54) is 19.2 Å². The molecule has 0 unspecified atom stereocenters. The van der Waals surface area contributed by atoms with Crippen molar-refractivity contribution in [3.05, 3.63) is 23.3 Å². The van der Waals surface area contributed by atoms with Gasteiger partial charge in [-0.25, -0.2) is 0 Å². The van der Waals surface area contributed by atoms with Crippen molar-refractivity contribution in [1.82, 2.24) is 0 Å². The van der Waals surface area contributed by atoms with E-state index in [9.17, 15) is 9.90 Å². The Kier molecular flexibility index (Phi) is 2.50. The molecule has 66 valence electrons. The largest absolute Gasteiger partial charge is 0.504 e. The molecule has 1 aromatic rings. The predicted molar refractivity (Wildman–Crippen MR) is 44.8 cm³/mol. The molecule has 0 aliphatic heterocycles. The lowest BCUT2D eigenvalue weighted by Gasteiger charge is -2.04. The van der Waals surface area contributed by atoms with Gasteiger partial charge in [0.15, 0.2) is 17.8 Å². The molecule has 0 bridgehead atoms. The van der Waals surface area contributed by atoms with Gasteiger partial charge >= 0.3 is 0 Å². The van der Waals surface area contributed by atoms with Gasteiger partial charge in [-0.2, -0.15) is 5.26 Å². The first-order chi connectivity index (χ1) is 6.22. The van der Waals surface area contributed by atoms with Crippen LogP contribution in [0.3, 0.4) is 0 Å². The number of hydrogen-bond donors (Lipinski definition) is 1. The standard InChI is InChI=1S/C9H7NO3/c1-13-9-3-7(5-11)6(4-10)2-8(9)12/h2-3,5,12H,1H3. The summed E-state index contributed by atoms with van der Waals surface area (Å²) < 4.78 is 4.77. The predicted octanol–water partition coefficient (Wildman–Crippen LogP) is 1.08. The fourth-order valence-electron chi connectivity index (χ4n) is 0.942. The number of carbonyl (C=O) groups is 1. The zero-order valence-corrected chi connectivity index (χ0v) is 6.94. The number of benzene rings is 1. The zero-order valence-electron chi connectivity index (χ0n) is 6.94. The number of phenols is 1. The molecule has 0 amide bonds. The van der Waals surface area contributed by atoms with Crippen LogP contribution in [0, 0.1) is 11.3 Å². The van der Waals surface area contributed by atoms with E-state index >= 15 is 0 Å². The highest BCUT2D eigenvalue weighted by atomic mass is 16.5. The minimum atomic E-state index is -0.148. The molecule has 13 heavy (non-hydrogen) atoms. The molecule has 1 rings (SSSR count). The molecular formula is C9H7NO3. The highest BCUT2D eigenvalue weighted by molar-refractivity contribution is 5.80. The maximum atomic E-state index is 10.5. The van der Waals surface area contributed by atoms with Gasteiger partial charge in [-0.05, 0) is 6.07 Å². The zero-order chi connectivity index (χ0) is 9.84. The third kappa shape index (κ3) is 1.59. The van der Waals surface area contributed by atoms with E-state index in [0.717, 1.165) is 0 Å². The molecule has 0 radical (unpaired) electrons. The summed E-state index contributed by atoms with van der Waals surface area (Å²) in [5.74, 6) is 0.0331. The molecule has 0 fully saturated rings. The molecule has 4 nitrogen and oxygen atoms in total. The van der Waals surface area contributed by atoms with Crippen LogP contribution in [-0.4, -0.2) is 18.5 Å². The van der Waals surface area contributed by atoms with Crippen molar-refractivity contribution >= 4 is 6.29 Å². The molecule has 0 saturated heterocycles. The Morgan fingerprint density at radius 2 is 2.31 bits per heavy atom. The summed E-state index contributed by atoms with van der Waals surface area (Å²) in [4.78, 5) is 10.5. The quantitative estimate of drug-likeness (QED) is 0.686. The first-order valence-corrected chi connectivity index (χ1v) is 3.49. The Labute approximate surface area is 75.0 Å². The summed E-state index contributed by atoms with van der Waals surface area (Å²) >= 11 is 0. The number of carbonyl (C=O) groups excluding carboxylic acids is 1. The average Bonchev–Trinajstić information content (AvgIpc) is 2.17. The lowest BCUT2D eigenvalue weighted by Crippen LogP contribution is -1.91. The highest BCUT2D eigenvalue weighted by Gasteiger charge is 2.08. The van der Waals surface area contributed by atoms with Crippen LogP contribution in [0.25, 0.3) is 0 Å². The van der Waals surface area contributed by atoms with E-state index in [1.807, 2.05) is 0 Å². The van der Waals surface area contributed by atoms with Crippen molar-refractivity contribution < 1.29 is 14.6 Å². The van der Waals surface area contributed by atoms with Crippen molar-refractivity contribution in [3.8, 4) is 17.6 Å².